The molecule has 0 spiro atoms. The first-order valence-electron chi connectivity index (χ1n) is 11.4. The number of nitrogens with zero attached hydrogens (tertiary/aromatic N) is 2. The van der Waals surface area contributed by atoms with E-state index in [-0.39, 0.29) is 11.8 Å². The number of amides is 2. The zero-order valence-electron chi connectivity index (χ0n) is 18.0. The maximum absolute atomic E-state index is 14.2. The highest BCUT2D eigenvalue weighted by Crippen LogP contribution is 2.71. The van der Waals surface area contributed by atoms with Crippen LogP contribution in [0.3, 0.4) is 0 Å². The van der Waals surface area contributed by atoms with Gasteiger partial charge in [-0.2, -0.15) is 5.26 Å². The molecular formula is C27H18Br2N2O2S. The topological polar surface area (TPSA) is 61.2 Å². The van der Waals surface area contributed by atoms with Crippen molar-refractivity contribution in [2.24, 2.45) is 11.8 Å². The Kier molecular flexibility index (Phi) is 4.27. The molecule has 0 N–H and O–H groups in total. The molecule has 2 aromatic carbocycles. The molecule has 3 aromatic rings. The predicted octanol–water partition coefficient (Wildman–Crippen LogP) is 5.91. The van der Waals surface area contributed by atoms with Crippen LogP contribution in [-0.4, -0.2) is 11.8 Å². The second-order valence-corrected chi connectivity index (χ2v) is 13.1. The molecule has 8 rings (SSSR count). The number of rotatable bonds is 1. The van der Waals surface area contributed by atoms with Gasteiger partial charge < -0.3 is 0 Å². The van der Waals surface area contributed by atoms with Crippen LogP contribution in [0.1, 0.15) is 51.1 Å². The fourth-order valence-electron chi connectivity index (χ4n) is 6.69. The Labute approximate surface area is 217 Å². The van der Waals surface area contributed by atoms with E-state index in [1.54, 1.807) is 0 Å². The van der Waals surface area contributed by atoms with Crippen molar-refractivity contribution in [2.75, 3.05) is 4.90 Å². The Hall–Kier alpha value is -2.27. The number of hydrogen-bond acceptors (Lipinski definition) is 4. The van der Waals surface area contributed by atoms with Gasteiger partial charge in [-0.15, -0.1) is 11.3 Å². The van der Waals surface area contributed by atoms with Gasteiger partial charge in [-0.3, -0.25) is 9.59 Å². The molecule has 1 aliphatic heterocycles. The number of thiophene rings is 1. The summed E-state index contributed by atoms with van der Waals surface area (Å²) in [7, 11) is 0. The Morgan fingerprint density at radius 3 is 1.79 bits per heavy atom. The molecule has 4 aliphatic carbocycles. The van der Waals surface area contributed by atoms with Crippen LogP contribution in [0.5, 0.6) is 0 Å². The minimum atomic E-state index is -0.814. The SMILES string of the molecule is N#Cc1c(N2C(=O)[C@@H]3[C@H](C2=O)C2(Br)c4ccccc4C3(Br)c3ccccc32)sc2c1CCCC2. The second kappa shape index (κ2) is 6.90. The summed E-state index contributed by atoms with van der Waals surface area (Å²) in [5.74, 6) is -1.69. The summed E-state index contributed by atoms with van der Waals surface area (Å²) in [5, 5.41) is 10.6. The summed E-state index contributed by atoms with van der Waals surface area (Å²) in [5.41, 5.74) is 5.60. The Morgan fingerprint density at radius 1 is 0.853 bits per heavy atom. The van der Waals surface area contributed by atoms with E-state index in [0.29, 0.717) is 10.6 Å². The number of hydrogen-bond donors (Lipinski definition) is 0. The van der Waals surface area contributed by atoms with Gasteiger partial charge in [0.2, 0.25) is 11.8 Å². The molecule has 0 saturated carbocycles. The molecule has 2 heterocycles. The number of aryl methyl sites for hydroxylation is 1. The van der Waals surface area contributed by atoms with Crippen LogP contribution in [0, 0.1) is 23.2 Å². The predicted molar refractivity (Wildman–Crippen MR) is 137 cm³/mol. The van der Waals surface area contributed by atoms with Gasteiger partial charge in [0, 0.05) is 4.88 Å². The van der Waals surface area contributed by atoms with Gasteiger partial charge in [-0.25, -0.2) is 4.90 Å². The average Bonchev–Trinajstić information content (AvgIpc) is 3.36. The summed E-state index contributed by atoms with van der Waals surface area (Å²) in [6.07, 6.45) is 3.84. The quantitative estimate of drug-likeness (QED) is 0.260. The lowest BCUT2D eigenvalue weighted by molar-refractivity contribution is -0.122. The summed E-state index contributed by atoms with van der Waals surface area (Å²) in [6, 6.07) is 18.5. The van der Waals surface area contributed by atoms with Gasteiger partial charge in [0.1, 0.15) is 11.1 Å². The van der Waals surface area contributed by atoms with Crippen molar-refractivity contribution in [2.45, 2.75) is 34.3 Å². The molecule has 2 amide bonds. The number of halogens is 2. The van der Waals surface area contributed by atoms with Crippen LogP contribution < -0.4 is 4.90 Å². The molecule has 7 heteroatoms. The number of imide groups is 1. The molecule has 0 radical (unpaired) electrons. The van der Waals surface area contributed by atoms with E-state index >= 15 is 0 Å². The molecule has 34 heavy (non-hydrogen) atoms. The first-order valence-corrected chi connectivity index (χ1v) is 13.8. The van der Waals surface area contributed by atoms with Gasteiger partial charge in [-0.05, 0) is 53.5 Å². The first kappa shape index (κ1) is 21.0. The van der Waals surface area contributed by atoms with Crippen LogP contribution in [0.4, 0.5) is 5.00 Å². The Morgan fingerprint density at radius 2 is 1.32 bits per heavy atom. The van der Waals surface area contributed by atoms with E-state index in [1.807, 2.05) is 24.3 Å². The van der Waals surface area contributed by atoms with E-state index in [1.165, 1.54) is 16.2 Å². The lowest BCUT2D eigenvalue weighted by Crippen LogP contribution is -2.56. The molecule has 1 saturated heterocycles. The normalized spacial score (nSPS) is 30.4. The zero-order valence-corrected chi connectivity index (χ0v) is 22.0. The van der Waals surface area contributed by atoms with Crippen molar-refractivity contribution in [1.82, 2.24) is 0 Å². The molecule has 4 nitrogen and oxygen atoms in total. The van der Waals surface area contributed by atoms with Gasteiger partial charge in [0.05, 0.1) is 26.0 Å². The lowest BCUT2D eigenvalue weighted by atomic mass is 9.54. The van der Waals surface area contributed by atoms with Gasteiger partial charge in [0.25, 0.3) is 0 Å². The number of carbonyl (C=O) groups excluding carboxylic acids is 2. The first-order chi connectivity index (χ1) is 16.4. The van der Waals surface area contributed by atoms with Crippen molar-refractivity contribution in [3.05, 3.63) is 86.8 Å². The zero-order chi connectivity index (χ0) is 23.4. The third kappa shape index (κ3) is 2.24. The van der Waals surface area contributed by atoms with Crippen molar-refractivity contribution < 1.29 is 9.59 Å². The highest BCUT2D eigenvalue weighted by molar-refractivity contribution is 9.10. The smallest absolute Gasteiger partial charge is 0.240 e. The van der Waals surface area contributed by atoms with Crippen molar-refractivity contribution in [3.63, 3.8) is 0 Å². The van der Waals surface area contributed by atoms with Crippen LogP contribution in [0.15, 0.2) is 48.5 Å². The summed E-state index contributed by atoms with van der Waals surface area (Å²) in [6.45, 7) is 0. The fourth-order valence-corrected chi connectivity index (χ4v) is 10.3. The number of nitriles is 1. The molecule has 2 bridgehead atoms. The summed E-state index contributed by atoms with van der Waals surface area (Å²) in [4.78, 5) is 31.0. The highest BCUT2D eigenvalue weighted by atomic mass is 79.9. The lowest BCUT2D eigenvalue weighted by Gasteiger charge is -2.55. The molecule has 5 aliphatic rings. The van der Waals surface area contributed by atoms with Gasteiger partial charge in [-0.1, -0.05) is 80.4 Å². The van der Waals surface area contributed by atoms with E-state index in [4.69, 9.17) is 0 Å². The number of fused-ring (bicyclic) bond motifs is 1. The van der Waals surface area contributed by atoms with Gasteiger partial charge >= 0.3 is 0 Å². The molecule has 1 fully saturated rings. The number of alkyl halides is 2. The highest BCUT2D eigenvalue weighted by Gasteiger charge is 2.72. The molecule has 2 atom stereocenters. The van der Waals surface area contributed by atoms with E-state index < -0.39 is 20.5 Å². The van der Waals surface area contributed by atoms with Crippen LogP contribution in [0.25, 0.3) is 0 Å². The van der Waals surface area contributed by atoms with Crippen LogP contribution >= 0.6 is 43.2 Å². The number of carbonyl (C=O) groups is 2. The third-order valence-electron chi connectivity index (χ3n) is 8.05. The maximum atomic E-state index is 14.2. The minimum Gasteiger partial charge on any atom is -0.274 e. The number of anilines is 1. The third-order valence-corrected chi connectivity index (χ3v) is 12.0. The minimum absolute atomic E-state index is 0.227. The van der Waals surface area contributed by atoms with Gasteiger partial charge in [0.15, 0.2) is 0 Å². The summed E-state index contributed by atoms with van der Waals surface area (Å²) < 4.78 is -1.63. The maximum Gasteiger partial charge on any atom is 0.240 e. The Bertz CT molecular complexity index is 1360. The average molecular weight is 594 g/mol. The van der Waals surface area contributed by atoms with E-state index in [0.717, 1.165) is 58.4 Å². The molecule has 1 aromatic heterocycles. The number of benzene rings is 2. The standard InChI is InChI=1S/C27H18Br2N2O2S/c28-26-16-8-2-3-9-17(16)27(29,19-11-5-4-10-18(19)26)22-21(26)23(32)31(24(22)33)25-15(13-30)14-7-1-6-12-20(14)34-25/h2-5,8-11,21-22H,1,6-7,12H2/t21-,22+,26?,27?. The van der Waals surface area contributed by atoms with E-state index in [2.05, 4.69) is 62.2 Å². The second-order valence-electron chi connectivity index (χ2n) is 9.48. The molecule has 0 unspecified atom stereocenters. The van der Waals surface area contributed by atoms with Crippen molar-refractivity contribution in [3.8, 4) is 6.07 Å². The van der Waals surface area contributed by atoms with Crippen LogP contribution in [-0.2, 0) is 31.1 Å². The summed E-state index contributed by atoms with van der Waals surface area (Å²) >= 11 is 9.54. The largest absolute Gasteiger partial charge is 0.274 e. The fraction of sp³-hybridized carbons (Fsp3) is 0.296. The molecule has 168 valence electrons. The van der Waals surface area contributed by atoms with Crippen molar-refractivity contribution >= 4 is 60.0 Å². The van der Waals surface area contributed by atoms with Crippen molar-refractivity contribution in [1.29, 1.82) is 5.26 Å². The molecular weight excluding hydrogens is 576 g/mol. The Balaban J connectivity index is 1.49. The van der Waals surface area contributed by atoms with E-state index in [9.17, 15) is 14.9 Å². The monoisotopic (exact) mass is 592 g/mol. The van der Waals surface area contributed by atoms with Crippen LogP contribution in [0.2, 0.25) is 0 Å².